The van der Waals surface area contributed by atoms with Crippen LogP contribution >= 0.6 is 0 Å². The molecule has 13 amide bonds. The van der Waals surface area contributed by atoms with Crippen molar-refractivity contribution in [2.45, 2.75) is 141 Å². The number of phenols is 1. The first-order valence-electron chi connectivity index (χ1n) is 27.6. The second-order valence-corrected chi connectivity index (χ2v) is 20.9. The number of amides is 13. The maximum atomic E-state index is 14.1. The first kappa shape index (κ1) is 72.3. The molecule has 9 atom stereocenters. The molecule has 2 aromatic carbocycles. The summed E-state index contributed by atoms with van der Waals surface area (Å²) in [5.74, 6) is -11.7. The van der Waals surface area contributed by atoms with Crippen LogP contribution in [0.1, 0.15) is 85.3 Å². The second-order valence-electron chi connectivity index (χ2n) is 20.9. The van der Waals surface area contributed by atoms with Gasteiger partial charge < -0.3 is 90.6 Å². The van der Waals surface area contributed by atoms with E-state index in [9.17, 15) is 77.6 Å². The summed E-state index contributed by atoms with van der Waals surface area (Å²) in [5.41, 5.74) is 11.9. The topological polar surface area (TPSA) is 479 Å². The lowest BCUT2D eigenvalue weighted by atomic mass is 9.99. The number of primary amides is 1. The van der Waals surface area contributed by atoms with E-state index in [4.69, 9.17) is 11.5 Å². The molecule has 0 aromatic heterocycles. The fraction of sp³-hybridized carbons (Fsp3) is 0.545. The Morgan fingerprint density at radius 2 is 0.953 bits per heavy atom. The predicted molar refractivity (Wildman–Crippen MR) is 306 cm³/mol. The fourth-order valence-electron chi connectivity index (χ4n) is 8.05. The Balaban J connectivity index is 2.14. The average molecular weight is 1200 g/mol. The molecule has 0 unspecified atom stereocenters. The summed E-state index contributed by atoms with van der Waals surface area (Å²) in [6, 6.07) is 3.14. The summed E-state index contributed by atoms with van der Waals surface area (Å²) in [7, 11) is 0. The third-order valence-electron chi connectivity index (χ3n) is 12.5. The normalized spacial score (nSPS) is 14.1. The Morgan fingerprint density at radius 1 is 0.482 bits per heavy atom. The molecule has 0 saturated carbocycles. The highest BCUT2D eigenvalue weighted by atomic mass is 16.3. The van der Waals surface area contributed by atoms with Crippen molar-refractivity contribution in [2.24, 2.45) is 23.3 Å². The summed E-state index contributed by atoms with van der Waals surface area (Å²) in [6.07, 6.45) is -0.615. The molecule has 85 heavy (non-hydrogen) atoms. The molecule has 0 spiro atoms. The van der Waals surface area contributed by atoms with Crippen LogP contribution in [-0.2, 0) is 75.2 Å². The van der Waals surface area contributed by atoms with E-state index in [0.29, 0.717) is 30.5 Å². The lowest BCUT2D eigenvalue weighted by Gasteiger charge is -2.29. The van der Waals surface area contributed by atoms with Crippen LogP contribution in [0.3, 0.4) is 0 Å². The zero-order valence-electron chi connectivity index (χ0n) is 48.8. The lowest BCUT2D eigenvalue weighted by Crippen LogP contribution is -2.61. The smallest absolute Gasteiger partial charge is 0.245 e. The molecule has 0 fully saturated rings. The highest BCUT2D eigenvalue weighted by Gasteiger charge is 2.35. The predicted octanol–water partition coefficient (Wildman–Crippen LogP) is -5.75. The number of aliphatic hydroxyl groups is 2. The Hall–Kier alpha value is -8.77. The third kappa shape index (κ3) is 27.9. The van der Waals surface area contributed by atoms with Gasteiger partial charge in [-0.1, -0.05) is 70.2 Å². The number of aliphatic hydroxyl groups excluding tert-OH is 2. The molecule has 0 saturated heterocycles. The van der Waals surface area contributed by atoms with E-state index in [1.165, 1.54) is 45.0 Å². The van der Waals surface area contributed by atoms with Gasteiger partial charge in [0.25, 0.3) is 0 Å². The van der Waals surface area contributed by atoms with Gasteiger partial charge >= 0.3 is 0 Å². The Bertz CT molecular complexity index is 2610. The highest BCUT2D eigenvalue weighted by Crippen LogP contribution is 2.14. The molecular weight excluding hydrogens is 1110 g/mol. The monoisotopic (exact) mass is 1200 g/mol. The Kier molecular flexibility index (Phi) is 31.9. The summed E-state index contributed by atoms with van der Waals surface area (Å²) in [4.78, 5) is 169. The summed E-state index contributed by atoms with van der Waals surface area (Å²) >= 11 is 0. The van der Waals surface area contributed by atoms with Crippen molar-refractivity contribution in [1.82, 2.24) is 63.8 Å². The number of carbonyl (C=O) groups is 13. The molecule has 19 N–H and O–H groups in total. The fourth-order valence-corrected chi connectivity index (χ4v) is 8.05. The van der Waals surface area contributed by atoms with E-state index in [0.717, 1.165) is 0 Å². The number of aromatic hydroxyl groups is 1. The van der Waals surface area contributed by atoms with Crippen molar-refractivity contribution in [1.29, 1.82) is 0 Å². The van der Waals surface area contributed by atoms with Gasteiger partial charge in [0, 0.05) is 19.8 Å². The van der Waals surface area contributed by atoms with E-state index < -0.39 is 170 Å². The van der Waals surface area contributed by atoms with E-state index in [2.05, 4.69) is 63.8 Å². The molecule has 470 valence electrons. The first-order valence-corrected chi connectivity index (χ1v) is 27.6. The zero-order valence-corrected chi connectivity index (χ0v) is 48.8. The molecule has 0 aliphatic carbocycles. The number of phenolic OH excluding ortho intramolecular Hbond substituents is 1. The van der Waals surface area contributed by atoms with E-state index in [-0.39, 0.29) is 37.4 Å². The first-order chi connectivity index (χ1) is 40.0. The minimum atomic E-state index is -1.73. The lowest BCUT2D eigenvalue weighted by molar-refractivity contribution is -0.136. The van der Waals surface area contributed by atoms with Crippen molar-refractivity contribution < 1.29 is 77.6 Å². The van der Waals surface area contributed by atoms with Gasteiger partial charge in [-0.2, -0.15) is 0 Å². The molecule has 30 nitrogen and oxygen atoms in total. The molecule has 2 aromatic rings. The van der Waals surface area contributed by atoms with Crippen LogP contribution in [0, 0.1) is 11.8 Å². The van der Waals surface area contributed by atoms with Gasteiger partial charge in [0.2, 0.25) is 76.8 Å². The van der Waals surface area contributed by atoms with Gasteiger partial charge in [0.05, 0.1) is 38.9 Å². The quantitative estimate of drug-likeness (QED) is 0.0280. The standard InChI is InChI=1S/C55H84N14O16/c1-29(2)21-38(63-33(7)72)50(80)59-26-44(76)64-41(28-70)52(82)61-25-43(75)62-31(5)48(78)66-39(22-34-13-9-8-10-14-34)51(81)60-27-45(77)68-47(32(6)71)55(85)69-46(30(3)4)54(84)67-40(23-35-16-18-36(73)19-17-35)53(83)65-37(15-11-12-20-56)49(79)58-24-42(57)74/h8-10,13-14,16-19,29-32,37-41,46-47,70-71,73H,11-12,15,20-28,56H2,1-7H3,(H2,57,74)(H,58,79)(H,59,80)(H,60,81)(H,61,82)(H,62,75)(H,63,72)(H,64,76)(H,65,83)(H,66,78)(H,67,84)(H,68,77)(H,69,85)/t31-,32+,37-,38-,39-,40-,41-,46-,47-/m0/s1. The molecule has 0 heterocycles. The SMILES string of the molecule is CC(=O)N[C@@H](CC(C)C)C(=O)NCC(=O)N[C@@H](CO)C(=O)NCC(=O)N[C@@H](C)C(=O)N[C@@H](Cc1ccccc1)C(=O)NCC(=O)N[C@H](C(=O)N[C@H](C(=O)N[C@@H](Cc1ccc(O)cc1)C(=O)N[C@@H](CCCCN)C(=O)NCC(N)=O)C(C)C)[C@@H](C)O. The number of rotatable bonds is 37. The maximum Gasteiger partial charge on any atom is 0.245 e. The summed E-state index contributed by atoms with van der Waals surface area (Å²) in [6.45, 7) is 7.18. The highest BCUT2D eigenvalue weighted by molar-refractivity contribution is 5.98. The van der Waals surface area contributed by atoms with E-state index in [1.54, 1.807) is 44.2 Å². The molecule has 0 bridgehead atoms. The van der Waals surface area contributed by atoms with Gasteiger partial charge in [-0.05, 0) is 81.2 Å². The third-order valence-corrected chi connectivity index (χ3v) is 12.5. The summed E-state index contributed by atoms with van der Waals surface area (Å²) in [5, 5.41) is 59.3. The number of unbranched alkanes of at least 4 members (excludes halogenated alkanes) is 1. The molecule has 0 aliphatic rings. The van der Waals surface area contributed by atoms with E-state index in [1.807, 2.05) is 13.8 Å². The number of nitrogens with two attached hydrogens (primary N) is 2. The summed E-state index contributed by atoms with van der Waals surface area (Å²) < 4.78 is 0. The van der Waals surface area contributed by atoms with Crippen LogP contribution in [-0.4, -0.2) is 186 Å². The number of benzene rings is 2. The average Bonchev–Trinajstić information content (AvgIpc) is 3.66. The van der Waals surface area contributed by atoms with Crippen molar-refractivity contribution in [3.05, 3.63) is 65.7 Å². The van der Waals surface area contributed by atoms with Crippen LogP contribution in [0.2, 0.25) is 0 Å². The van der Waals surface area contributed by atoms with Gasteiger partial charge in [-0.3, -0.25) is 62.3 Å². The minimum Gasteiger partial charge on any atom is -0.508 e. The van der Waals surface area contributed by atoms with Crippen LogP contribution in [0.25, 0.3) is 0 Å². The van der Waals surface area contributed by atoms with Crippen molar-refractivity contribution in [3.63, 3.8) is 0 Å². The van der Waals surface area contributed by atoms with Crippen LogP contribution in [0.4, 0.5) is 0 Å². The number of carbonyl (C=O) groups excluding carboxylic acids is 13. The number of nitrogens with one attached hydrogen (secondary N) is 12. The molecule has 2 rings (SSSR count). The second kappa shape index (κ2) is 37.4. The molecule has 30 heteroatoms. The minimum absolute atomic E-state index is 0.0211. The van der Waals surface area contributed by atoms with Crippen molar-refractivity contribution >= 4 is 76.8 Å². The maximum absolute atomic E-state index is 14.1. The van der Waals surface area contributed by atoms with Gasteiger partial charge in [0.1, 0.15) is 54.1 Å². The zero-order chi connectivity index (χ0) is 63.9. The Morgan fingerprint density at radius 3 is 1.47 bits per heavy atom. The van der Waals surface area contributed by atoms with Crippen LogP contribution < -0.4 is 75.3 Å². The molecule has 0 radical (unpaired) electrons. The van der Waals surface area contributed by atoms with Gasteiger partial charge in [-0.25, -0.2) is 0 Å². The van der Waals surface area contributed by atoms with E-state index >= 15 is 0 Å². The van der Waals surface area contributed by atoms with Crippen molar-refractivity contribution in [2.75, 3.05) is 39.3 Å². The van der Waals surface area contributed by atoms with Gasteiger partial charge in [-0.15, -0.1) is 0 Å². The van der Waals surface area contributed by atoms with Crippen LogP contribution in [0.5, 0.6) is 5.75 Å². The number of hydrogen-bond acceptors (Lipinski definition) is 17. The van der Waals surface area contributed by atoms with Gasteiger partial charge in [0.15, 0.2) is 0 Å². The number of hydrogen-bond donors (Lipinski definition) is 17. The molecular formula is C55H84N14O16. The van der Waals surface area contributed by atoms with Crippen molar-refractivity contribution in [3.8, 4) is 5.75 Å². The van der Waals surface area contributed by atoms with Crippen LogP contribution in [0.15, 0.2) is 54.6 Å². The Labute approximate surface area is 492 Å². The largest absolute Gasteiger partial charge is 0.508 e. The molecule has 0 aliphatic heterocycles.